The molecule has 0 aliphatic heterocycles. The summed E-state index contributed by atoms with van der Waals surface area (Å²) >= 11 is 6.10. The average molecular weight is 504 g/mol. The maximum atomic E-state index is 13.7. The summed E-state index contributed by atoms with van der Waals surface area (Å²) in [6, 6.07) is 26.4. The second-order valence-electron chi connectivity index (χ2n) is 9.09. The van der Waals surface area contributed by atoms with Crippen LogP contribution in [-0.4, -0.2) is 54.0 Å². The smallest absolute Gasteiger partial charge is 0.237 e. The standard InChI is InChI=1S/C30H34ClN3O2/c1-36-19-7-17-33(21-24-8-3-2-4-9-24)23-30(35)34(22-25-12-14-27(31)15-13-25)18-16-26-20-32-29-11-6-5-10-28(26)29/h2-6,8-15,20,32H,7,16-19,21-23H2,1H3. The summed E-state index contributed by atoms with van der Waals surface area (Å²) in [6.45, 7) is 3.75. The fourth-order valence-electron chi connectivity index (χ4n) is 4.48. The molecule has 1 heterocycles. The van der Waals surface area contributed by atoms with E-state index >= 15 is 0 Å². The van der Waals surface area contributed by atoms with Gasteiger partial charge < -0.3 is 14.6 Å². The third-order valence-electron chi connectivity index (χ3n) is 6.40. The number of aromatic amines is 1. The van der Waals surface area contributed by atoms with Crippen LogP contribution in [0.25, 0.3) is 10.9 Å². The SMILES string of the molecule is COCCCN(CC(=O)N(CCc1c[nH]c2ccccc12)Cc1ccc(Cl)cc1)Cc1ccccc1. The number of halogens is 1. The summed E-state index contributed by atoms with van der Waals surface area (Å²) in [5, 5.41) is 1.91. The molecule has 36 heavy (non-hydrogen) atoms. The van der Waals surface area contributed by atoms with Crippen molar-refractivity contribution in [3.63, 3.8) is 0 Å². The van der Waals surface area contributed by atoms with Gasteiger partial charge in [-0.3, -0.25) is 9.69 Å². The number of carbonyl (C=O) groups excluding carboxylic acids is 1. The van der Waals surface area contributed by atoms with Crippen LogP contribution in [0.15, 0.2) is 85.1 Å². The highest BCUT2D eigenvalue weighted by Crippen LogP contribution is 2.19. The number of para-hydroxylation sites is 1. The number of benzene rings is 3. The highest BCUT2D eigenvalue weighted by atomic mass is 35.5. The molecule has 4 rings (SSSR count). The zero-order valence-electron chi connectivity index (χ0n) is 20.8. The van der Waals surface area contributed by atoms with Gasteiger partial charge in [-0.05, 0) is 47.7 Å². The van der Waals surface area contributed by atoms with E-state index in [1.165, 1.54) is 16.5 Å². The van der Waals surface area contributed by atoms with Gasteiger partial charge in [-0.15, -0.1) is 0 Å². The number of aromatic nitrogens is 1. The fraction of sp³-hybridized carbons (Fsp3) is 0.300. The predicted octanol–water partition coefficient (Wildman–Crippen LogP) is 5.93. The van der Waals surface area contributed by atoms with Gasteiger partial charge in [0.05, 0.1) is 6.54 Å². The van der Waals surface area contributed by atoms with E-state index in [1.54, 1.807) is 7.11 Å². The third-order valence-corrected chi connectivity index (χ3v) is 6.65. The molecule has 0 aliphatic rings. The molecular formula is C30H34ClN3O2. The Morgan fingerprint density at radius 1 is 0.889 bits per heavy atom. The van der Waals surface area contributed by atoms with Crippen molar-refractivity contribution in [3.05, 3.63) is 107 Å². The summed E-state index contributed by atoms with van der Waals surface area (Å²) in [6.07, 6.45) is 3.72. The first-order chi connectivity index (χ1) is 17.6. The molecule has 0 spiro atoms. The minimum Gasteiger partial charge on any atom is -0.385 e. The zero-order valence-corrected chi connectivity index (χ0v) is 21.6. The number of hydrogen-bond acceptors (Lipinski definition) is 3. The van der Waals surface area contributed by atoms with E-state index in [1.807, 2.05) is 53.4 Å². The zero-order chi connectivity index (χ0) is 25.2. The van der Waals surface area contributed by atoms with E-state index in [4.69, 9.17) is 16.3 Å². The van der Waals surface area contributed by atoms with E-state index in [0.717, 1.165) is 37.0 Å². The molecule has 0 saturated carbocycles. The molecule has 0 saturated heterocycles. The number of rotatable bonds is 13. The Hall–Kier alpha value is -3.12. The first kappa shape index (κ1) is 26.0. The van der Waals surface area contributed by atoms with Crippen LogP contribution >= 0.6 is 11.6 Å². The number of methoxy groups -OCH3 is 1. The summed E-state index contributed by atoms with van der Waals surface area (Å²) < 4.78 is 5.26. The molecule has 1 N–H and O–H groups in total. The molecule has 1 aromatic heterocycles. The number of amides is 1. The van der Waals surface area contributed by atoms with Crippen LogP contribution in [-0.2, 0) is 29.0 Å². The van der Waals surface area contributed by atoms with Crippen LogP contribution in [0.3, 0.4) is 0 Å². The summed E-state index contributed by atoms with van der Waals surface area (Å²) in [5.41, 5.74) is 4.61. The van der Waals surface area contributed by atoms with Crippen molar-refractivity contribution < 1.29 is 9.53 Å². The van der Waals surface area contributed by atoms with Crippen molar-refractivity contribution in [2.45, 2.75) is 25.9 Å². The maximum absolute atomic E-state index is 13.7. The fourth-order valence-corrected chi connectivity index (χ4v) is 4.60. The molecule has 5 nitrogen and oxygen atoms in total. The summed E-state index contributed by atoms with van der Waals surface area (Å²) in [7, 11) is 1.71. The lowest BCUT2D eigenvalue weighted by atomic mass is 10.1. The van der Waals surface area contributed by atoms with Crippen molar-refractivity contribution in [1.29, 1.82) is 0 Å². The summed E-state index contributed by atoms with van der Waals surface area (Å²) in [4.78, 5) is 21.2. The molecular weight excluding hydrogens is 470 g/mol. The molecule has 1 amide bonds. The van der Waals surface area contributed by atoms with Crippen molar-refractivity contribution in [2.75, 3.05) is 33.4 Å². The monoisotopic (exact) mass is 503 g/mol. The second kappa shape index (κ2) is 13.3. The molecule has 4 aromatic rings. The lowest BCUT2D eigenvalue weighted by Crippen LogP contribution is -2.41. The van der Waals surface area contributed by atoms with Crippen molar-refractivity contribution in [2.24, 2.45) is 0 Å². The molecule has 0 unspecified atom stereocenters. The second-order valence-corrected chi connectivity index (χ2v) is 9.53. The lowest BCUT2D eigenvalue weighted by molar-refractivity contribution is -0.133. The van der Waals surface area contributed by atoms with Crippen molar-refractivity contribution in [1.82, 2.24) is 14.8 Å². The van der Waals surface area contributed by atoms with Crippen molar-refractivity contribution in [3.8, 4) is 0 Å². The first-order valence-electron chi connectivity index (χ1n) is 12.4. The third kappa shape index (κ3) is 7.44. The number of nitrogens with one attached hydrogen (secondary N) is 1. The Kier molecular flexibility index (Phi) is 9.56. The van der Waals surface area contributed by atoms with Gasteiger partial charge in [-0.25, -0.2) is 0 Å². The Morgan fingerprint density at radius 3 is 2.39 bits per heavy atom. The quantitative estimate of drug-likeness (QED) is 0.230. The van der Waals surface area contributed by atoms with Gasteiger partial charge in [0.2, 0.25) is 5.91 Å². The summed E-state index contributed by atoms with van der Waals surface area (Å²) in [5.74, 6) is 0.123. The number of carbonyl (C=O) groups is 1. The van der Waals surface area contributed by atoms with Gasteiger partial charge in [-0.2, -0.15) is 0 Å². The molecule has 0 fully saturated rings. The molecule has 0 aliphatic carbocycles. The van der Waals surface area contributed by atoms with Crippen molar-refractivity contribution >= 4 is 28.4 Å². The molecule has 188 valence electrons. The van der Waals surface area contributed by atoms with E-state index in [-0.39, 0.29) is 5.91 Å². The van der Waals surface area contributed by atoms with Gasteiger partial charge in [0.25, 0.3) is 0 Å². The Morgan fingerprint density at radius 2 is 1.61 bits per heavy atom. The van der Waals surface area contributed by atoms with Gasteiger partial charge >= 0.3 is 0 Å². The van der Waals surface area contributed by atoms with Crippen LogP contribution in [0.2, 0.25) is 5.02 Å². The maximum Gasteiger partial charge on any atom is 0.237 e. The Balaban J connectivity index is 1.49. The number of nitrogens with zero attached hydrogens (tertiary/aromatic N) is 2. The minimum atomic E-state index is 0.123. The molecule has 3 aromatic carbocycles. The van der Waals surface area contributed by atoms with E-state index in [9.17, 15) is 4.79 Å². The van der Waals surface area contributed by atoms with Crippen LogP contribution < -0.4 is 0 Å². The number of ether oxygens (including phenoxy) is 1. The van der Waals surface area contributed by atoms with Crippen LogP contribution in [0.1, 0.15) is 23.1 Å². The molecule has 0 bridgehead atoms. The van der Waals surface area contributed by atoms with E-state index in [0.29, 0.717) is 31.3 Å². The van der Waals surface area contributed by atoms with E-state index < -0.39 is 0 Å². The topological polar surface area (TPSA) is 48.6 Å². The predicted molar refractivity (Wildman–Crippen MR) is 147 cm³/mol. The molecule has 0 atom stereocenters. The highest BCUT2D eigenvalue weighted by Gasteiger charge is 2.19. The molecule has 6 heteroatoms. The highest BCUT2D eigenvalue weighted by molar-refractivity contribution is 6.30. The van der Waals surface area contributed by atoms with Crippen LogP contribution in [0.5, 0.6) is 0 Å². The van der Waals surface area contributed by atoms with Gasteiger partial charge in [0.15, 0.2) is 0 Å². The molecule has 0 radical (unpaired) electrons. The number of fused-ring (bicyclic) bond motifs is 1. The Labute approximate surface area is 218 Å². The van der Waals surface area contributed by atoms with Crippen LogP contribution in [0.4, 0.5) is 0 Å². The van der Waals surface area contributed by atoms with Gasteiger partial charge in [0.1, 0.15) is 0 Å². The number of hydrogen-bond donors (Lipinski definition) is 1. The average Bonchev–Trinajstić information content (AvgIpc) is 3.31. The largest absolute Gasteiger partial charge is 0.385 e. The van der Waals surface area contributed by atoms with Gasteiger partial charge in [-0.1, -0.05) is 72.3 Å². The lowest BCUT2D eigenvalue weighted by Gasteiger charge is -2.28. The van der Waals surface area contributed by atoms with Gasteiger partial charge in [0, 0.05) is 62.0 Å². The number of H-pyrrole nitrogens is 1. The first-order valence-corrected chi connectivity index (χ1v) is 12.8. The van der Waals surface area contributed by atoms with Crippen LogP contribution in [0, 0.1) is 0 Å². The minimum absolute atomic E-state index is 0.123. The normalized spacial score (nSPS) is 11.3. The Bertz CT molecular complexity index is 1220. The van der Waals surface area contributed by atoms with E-state index in [2.05, 4.69) is 46.4 Å².